The second-order valence-corrected chi connectivity index (χ2v) is 13.7. The number of hydrogen-bond donors (Lipinski definition) is 0. The van der Waals surface area contributed by atoms with Gasteiger partial charge in [-0.3, -0.25) is 0 Å². The monoisotopic (exact) mass is 628 g/mol. The van der Waals surface area contributed by atoms with Crippen LogP contribution in [0.1, 0.15) is 174 Å². The summed E-state index contributed by atoms with van der Waals surface area (Å²) in [6.07, 6.45) is 51.1. The van der Waals surface area contributed by atoms with E-state index in [1.165, 1.54) is 128 Å². The lowest BCUT2D eigenvalue weighted by atomic mass is 9.98. The molecule has 3 atom stereocenters. The highest BCUT2D eigenvalue weighted by molar-refractivity contribution is 4.93. The van der Waals surface area contributed by atoms with Gasteiger partial charge in [0.05, 0.1) is 18.8 Å². The average molecular weight is 628 g/mol. The van der Waals surface area contributed by atoms with Crippen molar-refractivity contribution in [2.45, 2.75) is 193 Å². The van der Waals surface area contributed by atoms with Gasteiger partial charge < -0.3 is 14.4 Å². The Morgan fingerprint density at radius 2 is 0.889 bits per heavy atom. The zero-order chi connectivity index (χ0) is 32.5. The molecule has 1 aliphatic heterocycles. The van der Waals surface area contributed by atoms with Gasteiger partial charge in [-0.05, 0) is 97.6 Å². The van der Waals surface area contributed by atoms with Crippen molar-refractivity contribution in [1.29, 1.82) is 0 Å². The Kier molecular flexibility index (Phi) is 30.5. The van der Waals surface area contributed by atoms with Crippen LogP contribution in [0.4, 0.5) is 0 Å². The van der Waals surface area contributed by atoms with E-state index in [1.54, 1.807) is 0 Å². The van der Waals surface area contributed by atoms with Gasteiger partial charge in [0.25, 0.3) is 0 Å². The molecular formula is C42H77NO2. The van der Waals surface area contributed by atoms with Crippen LogP contribution >= 0.6 is 0 Å². The van der Waals surface area contributed by atoms with Gasteiger partial charge in [-0.2, -0.15) is 0 Å². The fraction of sp³-hybridized carbons (Fsp3) is 0.810. The molecule has 0 N–H and O–H groups in total. The summed E-state index contributed by atoms with van der Waals surface area (Å²) in [6, 6.07) is 0.467. The number of rotatable bonds is 29. The van der Waals surface area contributed by atoms with Gasteiger partial charge in [0, 0.05) is 12.6 Å². The Hall–Kier alpha value is -1.16. The maximum absolute atomic E-state index is 6.57. The summed E-state index contributed by atoms with van der Waals surface area (Å²) in [5.74, 6) is 0. The Morgan fingerprint density at radius 3 is 1.33 bits per heavy atom. The lowest BCUT2D eigenvalue weighted by Gasteiger charge is -2.34. The minimum Gasteiger partial charge on any atom is -0.375 e. The number of unbranched alkanes of at least 4 members (excludes halogenated alkanes) is 16. The number of nitrogens with zero attached hydrogens (tertiary/aromatic N) is 1. The molecule has 0 bridgehead atoms. The Bertz CT molecular complexity index is 724. The molecule has 1 aliphatic rings. The number of hydrogen-bond acceptors (Lipinski definition) is 3. The van der Waals surface area contributed by atoms with Crippen LogP contribution in [0.3, 0.4) is 0 Å². The molecule has 0 aromatic heterocycles. The van der Waals surface area contributed by atoms with Gasteiger partial charge in [-0.1, -0.05) is 140 Å². The van der Waals surface area contributed by atoms with E-state index in [4.69, 9.17) is 9.47 Å². The molecule has 1 heterocycles. The molecule has 3 nitrogen and oxygen atoms in total. The summed E-state index contributed by atoms with van der Waals surface area (Å²) in [5, 5.41) is 0. The first-order valence-electron chi connectivity index (χ1n) is 19.7. The lowest BCUT2D eigenvalue weighted by molar-refractivity contribution is -0.114. The average Bonchev–Trinajstić information content (AvgIpc) is 3.02. The topological polar surface area (TPSA) is 21.7 Å². The molecule has 0 radical (unpaired) electrons. The van der Waals surface area contributed by atoms with Crippen molar-refractivity contribution in [3.8, 4) is 0 Å². The summed E-state index contributed by atoms with van der Waals surface area (Å²) in [7, 11) is 4.34. The largest absolute Gasteiger partial charge is 0.375 e. The molecule has 0 spiro atoms. The third kappa shape index (κ3) is 26.6. The molecule has 0 saturated carbocycles. The second kappa shape index (κ2) is 32.8. The van der Waals surface area contributed by atoms with E-state index in [1.807, 2.05) is 0 Å². The van der Waals surface area contributed by atoms with Crippen LogP contribution in [0.25, 0.3) is 0 Å². The quantitative estimate of drug-likeness (QED) is 0.0608. The van der Waals surface area contributed by atoms with Gasteiger partial charge in [0.1, 0.15) is 0 Å². The van der Waals surface area contributed by atoms with Crippen molar-refractivity contribution in [2.75, 3.05) is 27.3 Å². The van der Waals surface area contributed by atoms with Gasteiger partial charge in [0.2, 0.25) is 0 Å². The zero-order valence-electron chi connectivity index (χ0n) is 30.7. The van der Waals surface area contributed by atoms with Gasteiger partial charge in [-0.15, -0.1) is 0 Å². The predicted octanol–water partition coefficient (Wildman–Crippen LogP) is 12.7. The second-order valence-electron chi connectivity index (χ2n) is 13.7. The van der Waals surface area contributed by atoms with Crippen molar-refractivity contribution >= 4 is 0 Å². The van der Waals surface area contributed by atoms with Crippen LogP contribution in [0.15, 0.2) is 48.6 Å². The normalized spacial score (nSPS) is 20.0. The smallest absolute Gasteiger partial charge is 0.0837 e. The van der Waals surface area contributed by atoms with E-state index >= 15 is 0 Å². The number of likely N-dealkylation sites (N-methyl/N-ethyl adjacent to an activating group) is 1. The maximum atomic E-state index is 6.57. The molecule has 3 heteroatoms. The lowest BCUT2D eigenvalue weighted by Crippen LogP contribution is -2.42. The van der Waals surface area contributed by atoms with E-state index in [9.17, 15) is 0 Å². The van der Waals surface area contributed by atoms with Crippen LogP contribution in [0.5, 0.6) is 0 Å². The van der Waals surface area contributed by atoms with Crippen LogP contribution in [-0.2, 0) is 9.47 Å². The maximum Gasteiger partial charge on any atom is 0.0837 e. The van der Waals surface area contributed by atoms with E-state index in [-0.39, 0.29) is 12.2 Å². The molecular weight excluding hydrogens is 550 g/mol. The molecule has 0 aliphatic carbocycles. The van der Waals surface area contributed by atoms with Crippen molar-refractivity contribution in [3.63, 3.8) is 0 Å². The summed E-state index contributed by atoms with van der Waals surface area (Å²) >= 11 is 0. The highest BCUT2D eigenvalue weighted by Gasteiger charge is 2.27. The molecule has 1 fully saturated rings. The minimum absolute atomic E-state index is 0.261. The SMILES string of the molecule is CCCCC/C=C\C/C=C\CCCCCCCC1OCCC(N(C)C)COC1CCCCCCC/C=C\C/C=C\CCCCC. The first kappa shape index (κ1) is 41.9. The van der Waals surface area contributed by atoms with Crippen molar-refractivity contribution in [2.24, 2.45) is 0 Å². The Balaban J connectivity index is 2.20. The van der Waals surface area contributed by atoms with E-state index < -0.39 is 0 Å². The zero-order valence-corrected chi connectivity index (χ0v) is 30.7. The van der Waals surface area contributed by atoms with Gasteiger partial charge in [-0.25, -0.2) is 0 Å². The van der Waals surface area contributed by atoms with Crippen LogP contribution < -0.4 is 0 Å². The van der Waals surface area contributed by atoms with Gasteiger partial charge >= 0.3 is 0 Å². The van der Waals surface area contributed by atoms with Crippen molar-refractivity contribution in [1.82, 2.24) is 4.90 Å². The highest BCUT2D eigenvalue weighted by atomic mass is 16.5. The molecule has 0 aromatic carbocycles. The standard InChI is InChI=1S/C42H77NO2/c1-5-7-9-11-13-15-17-19-21-23-25-27-29-31-33-35-41-42(45-39-40(43(3)4)37-38-44-41)36-34-32-30-28-26-24-22-20-18-16-14-12-10-8-6-2/h13-16,19-22,40-42H,5-12,17-18,23-39H2,1-4H3/b15-13-,16-14-,21-19-,22-20-. The van der Waals surface area contributed by atoms with E-state index in [0.717, 1.165) is 45.3 Å². The molecule has 3 unspecified atom stereocenters. The van der Waals surface area contributed by atoms with Crippen molar-refractivity contribution in [3.05, 3.63) is 48.6 Å². The molecule has 1 saturated heterocycles. The van der Waals surface area contributed by atoms with Crippen LogP contribution in [0, 0.1) is 0 Å². The summed E-state index contributed by atoms with van der Waals surface area (Å²) in [5.41, 5.74) is 0. The first-order valence-corrected chi connectivity index (χ1v) is 19.7. The summed E-state index contributed by atoms with van der Waals surface area (Å²) in [6.45, 7) is 6.26. The fourth-order valence-corrected chi connectivity index (χ4v) is 6.15. The molecule has 0 aromatic rings. The van der Waals surface area contributed by atoms with Gasteiger partial charge in [0.15, 0.2) is 0 Å². The highest BCUT2D eigenvalue weighted by Crippen LogP contribution is 2.23. The van der Waals surface area contributed by atoms with Crippen molar-refractivity contribution < 1.29 is 9.47 Å². The molecule has 1 rings (SSSR count). The Morgan fingerprint density at radius 1 is 0.489 bits per heavy atom. The minimum atomic E-state index is 0.261. The number of allylic oxidation sites excluding steroid dienone is 8. The summed E-state index contributed by atoms with van der Waals surface area (Å²) in [4.78, 5) is 2.31. The fourth-order valence-electron chi connectivity index (χ4n) is 6.15. The van der Waals surface area contributed by atoms with E-state index in [2.05, 4.69) is 81.5 Å². The predicted molar refractivity (Wildman–Crippen MR) is 200 cm³/mol. The Labute approximate surface area is 282 Å². The van der Waals surface area contributed by atoms with E-state index in [0.29, 0.717) is 6.04 Å². The molecule has 262 valence electrons. The first-order chi connectivity index (χ1) is 22.2. The van der Waals surface area contributed by atoms with Crippen LogP contribution in [0.2, 0.25) is 0 Å². The molecule has 45 heavy (non-hydrogen) atoms. The summed E-state index contributed by atoms with van der Waals surface area (Å²) < 4.78 is 13.1. The third-order valence-electron chi connectivity index (χ3n) is 9.31. The van der Waals surface area contributed by atoms with Crippen LogP contribution in [-0.4, -0.2) is 50.5 Å². The number of ether oxygens (including phenoxy) is 2. The third-order valence-corrected chi connectivity index (χ3v) is 9.31. The molecule has 0 amide bonds.